The summed E-state index contributed by atoms with van der Waals surface area (Å²) in [6.07, 6.45) is 24.4. The summed E-state index contributed by atoms with van der Waals surface area (Å²) >= 11 is 0. The minimum atomic E-state index is -0.927. The monoisotopic (exact) mass is 558 g/mol. The molecular weight excluding hydrogens is 502 g/mol. The molecular formula is C36H56F2O2. The molecule has 0 heterocycles. The van der Waals surface area contributed by atoms with Gasteiger partial charge in [0.15, 0.2) is 11.5 Å². The summed E-state index contributed by atoms with van der Waals surface area (Å²) in [6, 6.07) is 3.04. The minimum absolute atomic E-state index is 0.0152. The average molecular weight is 559 g/mol. The molecule has 4 atom stereocenters. The van der Waals surface area contributed by atoms with Crippen LogP contribution in [0, 0.1) is 59.0 Å². The molecule has 0 N–H and O–H groups in total. The lowest BCUT2D eigenvalue weighted by atomic mass is 9.60. The van der Waals surface area contributed by atoms with Gasteiger partial charge in [-0.05, 0) is 143 Å². The molecule has 0 spiro atoms. The summed E-state index contributed by atoms with van der Waals surface area (Å²) in [5.74, 6) is 5.29. The SMILES string of the molecule is CCCCOc1ccc(OCC2CCC3CC(C4CCC(C5CCC(CCC)CC5)CC4)CCC3C2)c(F)c1F. The van der Waals surface area contributed by atoms with Gasteiger partial charge in [-0.2, -0.15) is 8.78 Å². The normalized spacial score (nSPS) is 34.7. The van der Waals surface area contributed by atoms with Crippen LogP contribution >= 0.6 is 0 Å². The Bertz CT molecular complexity index is 902. The maximum Gasteiger partial charge on any atom is 0.204 e. The van der Waals surface area contributed by atoms with Crippen LogP contribution in [0.5, 0.6) is 11.5 Å². The predicted octanol–water partition coefficient (Wildman–Crippen LogP) is 10.8. The molecule has 40 heavy (non-hydrogen) atoms. The first-order valence-corrected chi connectivity index (χ1v) is 17.3. The highest BCUT2D eigenvalue weighted by Crippen LogP contribution is 2.50. The van der Waals surface area contributed by atoms with Crippen LogP contribution in [0.15, 0.2) is 12.1 Å². The van der Waals surface area contributed by atoms with Gasteiger partial charge in [-0.1, -0.05) is 46.0 Å². The number of unbranched alkanes of at least 4 members (excludes halogenated alkanes) is 1. The Kier molecular flexibility index (Phi) is 11.1. The van der Waals surface area contributed by atoms with Crippen molar-refractivity contribution in [1.29, 1.82) is 0 Å². The van der Waals surface area contributed by atoms with Gasteiger partial charge >= 0.3 is 0 Å². The Morgan fingerprint density at radius 2 is 1.05 bits per heavy atom. The first-order chi connectivity index (χ1) is 19.6. The van der Waals surface area contributed by atoms with E-state index >= 15 is 0 Å². The Labute approximate surface area is 243 Å². The van der Waals surface area contributed by atoms with Crippen molar-refractivity contribution >= 4 is 0 Å². The third kappa shape index (κ3) is 7.54. The number of rotatable bonds is 11. The lowest BCUT2D eigenvalue weighted by Crippen LogP contribution is -2.36. The number of ether oxygens (including phenoxy) is 2. The summed E-state index contributed by atoms with van der Waals surface area (Å²) in [5.41, 5.74) is 0. The zero-order valence-corrected chi connectivity index (χ0v) is 25.5. The van der Waals surface area contributed by atoms with Crippen LogP contribution in [0.1, 0.15) is 129 Å². The average Bonchev–Trinajstić information content (AvgIpc) is 2.99. The van der Waals surface area contributed by atoms with Gasteiger partial charge in [0.25, 0.3) is 0 Å². The fraction of sp³-hybridized carbons (Fsp3) is 0.833. The van der Waals surface area contributed by atoms with E-state index in [1.54, 1.807) is 0 Å². The van der Waals surface area contributed by atoms with Crippen LogP contribution < -0.4 is 9.47 Å². The lowest BCUT2D eigenvalue weighted by Gasteiger charge is -2.46. The van der Waals surface area contributed by atoms with E-state index in [0.29, 0.717) is 19.1 Å². The maximum atomic E-state index is 14.6. The highest BCUT2D eigenvalue weighted by molar-refractivity contribution is 5.35. The number of benzene rings is 1. The number of halogens is 2. The Morgan fingerprint density at radius 1 is 0.575 bits per heavy atom. The predicted molar refractivity (Wildman–Crippen MR) is 160 cm³/mol. The topological polar surface area (TPSA) is 18.5 Å². The van der Waals surface area contributed by atoms with E-state index in [4.69, 9.17) is 9.47 Å². The second kappa shape index (κ2) is 14.7. The van der Waals surface area contributed by atoms with Gasteiger partial charge in [-0.15, -0.1) is 0 Å². The number of hydrogen-bond donors (Lipinski definition) is 0. The molecule has 4 aliphatic rings. The summed E-state index contributed by atoms with van der Waals surface area (Å²) in [5, 5.41) is 0. The summed E-state index contributed by atoms with van der Waals surface area (Å²) < 4.78 is 40.3. The van der Waals surface area contributed by atoms with Crippen LogP contribution in [-0.2, 0) is 0 Å². The fourth-order valence-electron chi connectivity index (χ4n) is 9.32. The third-order valence-corrected chi connectivity index (χ3v) is 11.7. The lowest BCUT2D eigenvalue weighted by molar-refractivity contribution is 0.0419. The second-order valence-corrected chi connectivity index (χ2v) is 14.2. The standard InChI is InChI=1S/C36H56F2O2/c1-3-5-21-39-33-19-20-34(36(38)35(33)37)40-24-26-9-12-32-23-31(18-17-30(32)22-26)29-15-13-28(14-16-29)27-10-7-25(6-4-2)8-11-27/h19-20,25-32H,3-18,21-24H2,1-2H3. The number of hydrogen-bond acceptors (Lipinski definition) is 2. The van der Waals surface area contributed by atoms with Gasteiger partial charge in [0, 0.05) is 0 Å². The highest BCUT2D eigenvalue weighted by Gasteiger charge is 2.40. The summed E-state index contributed by atoms with van der Waals surface area (Å²) in [7, 11) is 0. The van der Waals surface area contributed by atoms with Crippen LogP contribution in [0.25, 0.3) is 0 Å². The van der Waals surface area contributed by atoms with E-state index in [1.807, 2.05) is 6.92 Å². The van der Waals surface area contributed by atoms with Crippen molar-refractivity contribution in [1.82, 2.24) is 0 Å². The zero-order chi connectivity index (χ0) is 27.9. The quantitative estimate of drug-likeness (QED) is 0.252. The van der Waals surface area contributed by atoms with Gasteiger partial charge in [0.05, 0.1) is 13.2 Å². The fourth-order valence-corrected chi connectivity index (χ4v) is 9.32. The third-order valence-electron chi connectivity index (χ3n) is 11.7. The van der Waals surface area contributed by atoms with Crippen molar-refractivity contribution in [2.24, 2.45) is 47.3 Å². The molecule has 4 unspecified atom stereocenters. The smallest absolute Gasteiger partial charge is 0.204 e. The summed E-state index contributed by atoms with van der Waals surface area (Å²) in [6.45, 7) is 5.28. The molecule has 2 nitrogen and oxygen atoms in total. The van der Waals surface area contributed by atoms with Crippen LogP contribution in [-0.4, -0.2) is 13.2 Å². The summed E-state index contributed by atoms with van der Waals surface area (Å²) in [4.78, 5) is 0. The van der Waals surface area contributed by atoms with E-state index in [9.17, 15) is 8.78 Å². The highest BCUT2D eigenvalue weighted by atomic mass is 19.2. The molecule has 1 aromatic carbocycles. The van der Waals surface area contributed by atoms with E-state index in [0.717, 1.165) is 60.7 Å². The second-order valence-electron chi connectivity index (χ2n) is 14.2. The van der Waals surface area contributed by atoms with Gasteiger partial charge < -0.3 is 9.47 Å². The van der Waals surface area contributed by atoms with E-state index in [-0.39, 0.29) is 11.5 Å². The van der Waals surface area contributed by atoms with Crippen molar-refractivity contribution in [3.8, 4) is 11.5 Å². The maximum absolute atomic E-state index is 14.6. The molecule has 0 saturated heterocycles. The van der Waals surface area contributed by atoms with Crippen molar-refractivity contribution in [3.05, 3.63) is 23.8 Å². The molecule has 0 radical (unpaired) electrons. The molecule has 4 heteroatoms. The Hall–Kier alpha value is -1.32. The Morgan fingerprint density at radius 3 is 1.68 bits per heavy atom. The molecule has 226 valence electrons. The van der Waals surface area contributed by atoms with Gasteiger partial charge in [0.1, 0.15) is 0 Å². The molecule has 5 rings (SSSR count). The molecule has 0 aliphatic heterocycles. The minimum Gasteiger partial charge on any atom is -0.490 e. The van der Waals surface area contributed by atoms with Gasteiger partial charge in [-0.25, -0.2) is 0 Å². The molecule has 4 aliphatic carbocycles. The number of fused-ring (bicyclic) bond motifs is 1. The van der Waals surface area contributed by atoms with E-state index in [2.05, 4.69) is 6.92 Å². The van der Waals surface area contributed by atoms with Crippen molar-refractivity contribution in [2.75, 3.05) is 13.2 Å². The molecule has 0 bridgehead atoms. The molecule has 4 fully saturated rings. The molecule has 0 amide bonds. The van der Waals surface area contributed by atoms with Gasteiger partial charge in [0.2, 0.25) is 11.6 Å². The van der Waals surface area contributed by atoms with Crippen molar-refractivity contribution < 1.29 is 18.3 Å². The first kappa shape index (κ1) is 30.1. The van der Waals surface area contributed by atoms with Crippen molar-refractivity contribution in [3.63, 3.8) is 0 Å². The Balaban J connectivity index is 1.02. The van der Waals surface area contributed by atoms with E-state index < -0.39 is 11.6 Å². The molecule has 4 saturated carbocycles. The molecule has 0 aromatic heterocycles. The largest absolute Gasteiger partial charge is 0.490 e. The van der Waals surface area contributed by atoms with E-state index in [1.165, 1.54) is 108 Å². The van der Waals surface area contributed by atoms with Crippen LogP contribution in [0.2, 0.25) is 0 Å². The molecule has 1 aromatic rings. The van der Waals surface area contributed by atoms with Crippen LogP contribution in [0.4, 0.5) is 8.78 Å². The first-order valence-electron chi connectivity index (χ1n) is 17.3. The van der Waals surface area contributed by atoms with Crippen LogP contribution in [0.3, 0.4) is 0 Å². The van der Waals surface area contributed by atoms with Gasteiger partial charge in [-0.3, -0.25) is 0 Å². The van der Waals surface area contributed by atoms with Crippen molar-refractivity contribution in [2.45, 2.75) is 129 Å². The zero-order valence-electron chi connectivity index (χ0n) is 25.5.